The van der Waals surface area contributed by atoms with E-state index in [2.05, 4.69) is 15.4 Å². The van der Waals surface area contributed by atoms with E-state index in [1.165, 1.54) is 7.11 Å². The van der Waals surface area contributed by atoms with Crippen molar-refractivity contribution in [3.8, 4) is 28.8 Å². The zero-order valence-electron chi connectivity index (χ0n) is 15.8. The van der Waals surface area contributed by atoms with Gasteiger partial charge in [0.15, 0.2) is 5.82 Å². The second-order valence-electron chi connectivity index (χ2n) is 6.26. The van der Waals surface area contributed by atoms with Crippen LogP contribution in [0.1, 0.15) is 13.8 Å². The summed E-state index contributed by atoms with van der Waals surface area (Å²) in [6.45, 7) is 3.71. The molecule has 0 radical (unpaired) electrons. The molecule has 0 spiro atoms. The number of nitrogens with one attached hydrogen (secondary N) is 1. The number of aromatic nitrogens is 3. The predicted molar refractivity (Wildman–Crippen MR) is 103 cm³/mol. The lowest BCUT2D eigenvalue weighted by molar-refractivity contribution is -0.118. The van der Waals surface area contributed by atoms with Crippen LogP contribution in [0.3, 0.4) is 0 Å². The Morgan fingerprint density at radius 1 is 1.07 bits per heavy atom. The fourth-order valence-electron chi connectivity index (χ4n) is 2.48. The molecule has 0 aliphatic heterocycles. The Morgan fingerprint density at radius 2 is 1.81 bits per heavy atom. The Hall–Kier alpha value is -3.35. The van der Waals surface area contributed by atoms with Gasteiger partial charge in [-0.1, -0.05) is 26.0 Å². The normalized spacial score (nSPS) is 10.7. The molecule has 140 valence electrons. The minimum absolute atomic E-state index is 0.0257. The third kappa shape index (κ3) is 4.08. The summed E-state index contributed by atoms with van der Waals surface area (Å²) >= 11 is 0. The lowest BCUT2D eigenvalue weighted by Gasteiger charge is -2.10. The molecule has 3 rings (SSSR count). The van der Waals surface area contributed by atoms with Gasteiger partial charge in [0, 0.05) is 17.2 Å². The number of anilines is 1. The maximum Gasteiger partial charge on any atom is 0.336 e. The molecule has 3 aromatic rings. The van der Waals surface area contributed by atoms with Crippen LogP contribution in [-0.2, 0) is 4.79 Å². The standard InChI is InChI=1S/C20H22N4O3/c1-13(2)19(25)21-15-8-10-16(11-9-15)24-18(22-20(23-24)27-4)14-6-5-7-17(12-14)26-3/h5-13H,1-4H3,(H,21,25). The number of hydrogen-bond acceptors (Lipinski definition) is 5. The SMILES string of the molecule is COc1cccc(-c2nc(OC)nn2-c2ccc(NC(=O)C(C)C)cc2)c1. The monoisotopic (exact) mass is 366 g/mol. The summed E-state index contributed by atoms with van der Waals surface area (Å²) < 4.78 is 12.2. The Bertz CT molecular complexity index is 933. The maximum absolute atomic E-state index is 11.8. The van der Waals surface area contributed by atoms with E-state index in [0.29, 0.717) is 5.82 Å². The number of carbonyl (C=O) groups excluding carboxylic acids is 1. The Balaban J connectivity index is 1.96. The van der Waals surface area contributed by atoms with Gasteiger partial charge in [-0.2, -0.15) is 4.98 Å². The largest absolute Gasteiger partial charge is 0.497 e. The molecular weight excluding hydrogens is 344 g/mol. The van der Waals surface area contributed by atoms with Crippen LogP contribution in [0.2, 0.25) is 0 Å². The van der Waals surface area contributed by atoms with Crippen LogP contribution in [0, 0.1) is 5.92 Å². The second-order valence-corrected chi connectivity index (χ2v) is 6.26. The summed E-state index contributed by atoms with van der Waals surface area (Å²) in [4.78, 5) is 16.3. The van der Waals surface area contributed by atoms with Gasteiger partial charge in [-0.25, -0.2) is 4.68 Å². The molecule has 27 heavy (non-hydrogen) atoms. The van der Waals surface area contributed by atoms with E-state index in [1.54, 1.807) is 11.8 Å². The molecule has 0 atom stereocenters. The molecule has 1 heterocycles. The number of hydrogen-bond donors (Lipinski definition) is 1. The van der Waals surface area contributed by atoms with Gasteiger partial charge in [-0.3, -0.25) is 4.79 Å². The highest BCUT2D eigenvalue weighted by Crippen LogP contribution is 2.27. The first-order chi connectivity index (χ1) is 13.0. The van der Waals surface area contributed by atoms with E-state index in [-0.39, 0.29) is 17.8 Å². The summed E-state index contributed by atoms with van der Waals surface area (Å²) in [6, 6.07) is 15.2. The van der Waals surface area contributed by atoms with Gasteiger partial charge in [0.25, 0.3) is 0 Å². The van der Waals surface area contributed by atoms with Gasteiger partial charge in [0.05, 0.1) is 19.9 Å². The summed E-state index contributed by atoms with van der Waals surface area (Å²) in [7, 11) is 3.15. The Kier molecular flexibility index (Phi) is 5.40. The van der Waals surface area contributed by atoms with Crippen LogP contribution in [0.4, 0.5) is 5.69 Å². The van der Waals surface area contributed by atoms with Crippen molar-refractivity contribution < 1.29 is 14.3 Å². The minimum atomic E-state index is -0.0797. The van der Waals surface area contributed by atoms with Crippen molar-refractivity contribution in [1.82, 2.24) is 14.8 Å². The van der Waals surface area contributed by atoms with Crippen molar-refractivity contribution in [2.24, 2.45) is 5.92 Å². The number of ether oxygens (including phenoxy) is 2. The average molecular weight is 366 g/mol. The molecule has 0 bridgehead atoms. The summed E-state index contributed by atoms with van der Waals surface area (Å²) in [5.74, 6) is 1.25. The van der Waals surface area contributed by atoms with Crippen LogP contribution in [-0.4, -0.2) is 34.9 Å². The molecule has 1 amide bonds. The van der Waals surface area contributed by atoms with E-state index < -0.39 is 0 Å². The topological polar surface area (TPSA) is 78.3 Å². The third-order valence-corrected chi connectivity index (χ3v) is 4.00. The van der Waals surface area contributed by atoms with Crippen molar-refractivity contribution in [3.63, 3.8) is 0 Å². The number of amides is 1. The molecule has 7 heteroatoms. The third-order valence-electron chi connectivity index (χ3n) is 4.00. The molecule has 1 aromatic heterocycles. The number of methoxy groups -OCH3 is 2. The second kappa shape index (κ2) is 7.90. The van der Waals surface area contributed by atoms with E-state index in [1.807, 2.05) is 62.4 Å². The zero-order valence-corrected chi connectivity index (χ0v) is 15.8. The molecule has 0 aliphatic rings. The quantitative estimate of drug-likeness (QED) is 0.722. The van der Waals surface area contributed by atoms with Crippen molar-refractivity contribution in [2.45, 2.75) is 13.8 Å². The van der Waals surface area contributed by atoms with Crippen molar-refractivity contribution >= 4 is 11.6 Å². The fourth-order valence-corrected chi connectivity index (χ4v) is 2.48. The van der Waals surface area contributed by atoms with Crippen LogP contribution in [0.25, 0.3) is 17.1 Å². The lowest BCUT2D eigenvalue weighted by Crippen LogP contribution is -2.17. The van der Waals surface area contributed by atoms with Gasteiger partial charge >= 0.3 is 6.01 Å². The van der Waals surface area contributed by atoms with Gasteiger partial charge < -0.3 is 14.8 Å². The van der Waals surface area contributed by atoms with Gasteiger partial charge in [0.2, 0.25) is 5.91 Å². The van der Waals surface area contributed by atoms with Crippen LogP contribution in [0.15, 0.2) is 48.5 Å². The minimum Gasteiger partial charge on any atom is -0.497 e. The maximum atomic E-state index is 11.8. The lowest BCUT2D eigenvalue weighted by atomic mass is 10.2. The Labute approximate surface area is 158 Å². The highest BCUT2D eigenvalue weighted by molar-refractivity contribution is 5.92. The van der Waals surface area contributed by atoms with E-state index >= 15 is 0 Å². The smallest absolute Gasteiger partial charge is 0.336 e. The molecule has 0 saturated carbocycles. The highest BCUT2D eigenvalue weighted by Gasteiger charge is 2.15. The van der Waals surface area contributed by atoms with Crippen molar-refractivity contribution in [2.75, 3.05) is 19.5 Å². The van der Waals surface area contributed by atoms with Crippen molar-refractivity contribution in [1.29, 1.82) is 0 Å². The van der Waals surface area contributed by atoms with Crippen LogP contribution >= 0.6 is 0 Å². The first-order valence-electron chi connectivity index (χ1n) is 8.58. The van der Waals surface area contributed by atoms with E-state index in [9.17, 15) is 4.79 Å². The molecule has 2 aromatic carbocycles. The highest BCUT2D eigenvalue weighted by atomic mass is 16.5. The number of nitrogens with zero attached hydrogens (tertiary/aromatic N) is 3. The Morgan fingerprint density at radius 3 is 2.44 bits per heavy atom. The van der Waals surface area contributed by atoms with Gasteiger partial charge in [-0.05, 0) is 36.4 Å². The van der Waals surface area contributed by atoms with Crippen LogP contribution < -0.4 is 14.8 Å². The number of benzene rings is 2. The molecule has 0 saturated heterocycles. The molecular formula is C20H22N4O3. The predicted octanol–water partition coefficient (Wildman–Crippen LogP) is 3.55. The summed E-state index contributed by atoms with van der Waals surface area (Å²) in [5, 5.41) is 7.28. The number of rotatable bonds is 6. The molecule has 0 fully saturated rings. The van der Waals surface area contributed by atoms with E-state index in [0.717, 1.165) is 22.7 Å². The fraction of sp³-hybridized carbons (Fsp3) is 0.250. The average Bonchev–Trinajstić information content (AvgIpc) is 3.13. The van der Waals surface area contributed by atoms with Gasteiger partial charge in [0.1, 0.15) is 5.75 Å². The molecule has 0 unspecified atom stereocenters. The summed E-state index contributed by atoms with van der Waals surface area (Å²) in [5.41, 5.74) is 2.38. The number of carbonyl (C=O) groups is 1. The first-order valence-corrected chi connectivity index (χ1v) is 8.58. The van der Waals surface area contributed by atoms with Gasteiger partial charge in [-0.15, -0.1) is 5.10 Å². The van der Waals surface area contributed by atoms with E-state index in [4.69, 9.17) is 9.47 Å². The zero-order chi connectivity index (χ0) is 19.4. The first kappa shape index (κ1) is 18.4. The molecule has 7 nitrogen and oxygen atoms in total. The molecule has 1 N–H and O–H groups in total. The van der Waals surface area contributed by atoms with Crippen molar-refractivity contribution in [3.05, 3.63) is 48.5 Å². The molecule has 0 aliphatic carbocycles. The summed E-state index contributed by atoms with van der Waals surface area (Å²) in [6.07, 6.45) is 0. The van der Waals surface area contributed by atoms with Crippen LogP contribution in [0.5, 0.6) is 11.8 Å².